The summed E-state index contributed by atoms with van der Waals surface area (Å²) in [6.45, 7) is 1.23. The fourth-order valence-electron chi connectivity index (χ4n) is 2.58. The van der Waals surface area contributed by atoms with Crippen LogP contribution in [0.3, 0.4) is 0 Å². The molecule has 10 heteroatoms. The van der Waals surface area contributed by atoms with E-state index in [-0.39, 0.29) is 24.1 Å². The molecule has 2 aromatic carbocycles. The minimum atomic E-state index is -0.558. The summed E-state index contributed by atoms with van der Waals surface area (Å²) in [6, 6.07) is 10.4. The number of cyclic esters (lactones) is 1. The zero-order valence-corrected chi connectivity index (χ0v) is 20.7. The monoisotopic (exact) mass is 646 g/mol. The number of nitrogens with zero attached hydrogens (tertiary/aromatic N) is 1. The smallest absolute Gasteiger partial charge is 0.363 e. The number of halogens is 2. The van der Waals surface area contributed by atoms with Gasteiger partial charge in [-0.25, -0.2) is 14.6 Å². The number of carbonyl (C=O) groups excluding carboxylic acids is 3. The van der Waals surface area contributed by atoms with Gasteiger partial charge in [-0.05, 0) is 93.2 Å². The van der Waals surface area contributed by atoms with Gasteiger partial charge in [-0.1, -0.05) is 0 Å². The number of nitrogens with one attached hydrogen (secondary N) is 1. The Morgan fingerprint density at radius 2 is 1.81 bits per heavy atom. The number of aliphatic imine (C=N–C) groups is 1. The van der Waals surface area contributed by atoms with Crippen LogP contribution in [0.15, 0.2) is 47.1 Å². The topological polar surface area (TPSA) is 103 Å². The Morgan fingerprint density at radius 1 is 1.16 bits per heavy atom. The van der Waals surface area contributed by atoms with Crippen LogP contribution < -0.4 is 10.1 Å². The van der Waals surface area contributed by atoms with E-state index >= 15 is 0 Å². The maximum Gasteiger partial charge on any atom is 0.363 e. The fraction of sp³-hybridized carbons (Fsp3) is 0.143. The number of amides is 1. The second-order valence-corrected chi connectivity index (χ2v) is 8.60. The van der Waals surface area contributed by atoms with E-state index in [1.807, 2.05) is 12.1 Å². The van der Waals surface area contributed by atoms with Crippen molar-refractivity contribution >= 4 is 80.7 Å². The maximum absolute atomic E-state index is 12.3. The van der Waals surface area contributed by atoms with Crippen molar-refractivity contribution < 1.29 is 28.6 Å². The zero-order valence-electron chi connectivity index (χ0n) is 16.4. The lowest BCUT2D eigenvalue weighted by Crippen LogP contribution is -2.13. The molecule has 0 radical (unpaired) electrons. The van der Waals surface area contributed by atoms with Crippen molar-refractivity contribution in [2.75, 3.05) is 19.0 Å². The Kier molecular flexibility index (Phi) is 7.64. The number of hydrogen-bond acceptors (Lipinski definition) is 7. The summed E-state index contributed by atoms with van der Waals surface area (Å²) < 4.78 is 16.9. The summed E-state index contributed by atoms with van der Waals surface area (Å²) in [5, 5.41) is 2.67. The Bertz CT molecular complexity index is 1090. The standard InChI is InChI=1S/C21H16I2N2O6/c1-11(26)24-14-5-3-13(4-6-14)20-25-17(21(28)31-20)9-12-7-15(22)19(16(23)8-12)30-10-18(27)29-2/h3-9H,10H2,1-2H3,(H,24,26)/b17-9-. The van der Waals surface area contributed by atoms with Crippen molar-refractivity contribution in [2.45, 2.75) is 6.92 Å². The van der Waals surface area contributed by atoms with Crippen LogP contribution in [0.5, 0.6) is 5.75 Å². The van der Waals surface area contributed by atoms with Crippen molar-refractivity contribution in [1.29, 1.82) is 0 Å². The minimum Gasteiger partial charge on any atom is -0.480 e. The number of rotatable bonds is 6. The molecule has 2 aromatic rings. The Balaban J connectivity index is 1.81. The molecule has 1 N–H and O–H groups in total. The van der Waals surface area contributed by atoms with Crippen molar-refractivity contribution in [2.24, 2.45) is 4.99 Å². The van der Waals surface area contributed by atoms with Crippen molar-refractivity contribution in [3.8, 4) is 5.75 Å². The third-order valence-corrected chi connectivity index (χ3v) is 5.56. The van der Waals surface area contributed by atoms with E-state index in [0.717, 1.165) is 12.7 Å². The predicted octanol–water partition coefficient (Wildman–Crippen LogP) is 3.75. The molecule has 31 heavy (non-hydrogen) atoms. The molecule has 0 bridgehead atoms. The van der Waals surface area contributed by atoms with E-state index in [0.29, 0.717) is 17.0 Å². The molecule has 0 unspecified atom stereocenters. The van der Waals surface area contributed by atoms with E-state index in [2.05, 4.69) is 60.2 Å². The number of hydrogen-bond donors (Lipinski definition) is 1. The highest BCUT2D eigenvalue weighted by Crippen LogP contribution is 2.30. The normalized spacial score (nSPS) is 14.1. The number of carbonyl (C=O) groups is 3. The van der Waals surface area contributed by atoms with Gasteiger partial charge in [-0.15, -0.1) is 0 Å². The third kappa shape index (κ3) is 6.03. The molecule has 0 saturated heterocycles. The van der Waals surface area contributed by atoms with Gasteiger partial charge in [0.1, 0.15) is 5.75 Å². The first-order chi connectivity index (χ1) is 14.8. The van der Waals surface area contributed by atoms with E-state index in [1.165, 1.54) is 14.0 Å². The molecule has 3 rings (SSSR count). The largest absolute Gasteiger partial charge is 0.480 e. The van der Waals surface area contributed by atoms with Gasteiger partial charge in [0, 0.05) is 18.2 Å². The molecule has 1 aliphatic rings. The zero-order chi connectivity index (χ0) is 22.5. The van der Waals surface area contributed by atoms with Gasteiger partial charge in [-0.2, -0.15) is 0 Å². The first kappa shape index (κ1) is 23.2. The second-order valence-electron chi connectivity index (χ2n) is 6.27. The Hall–Kier alpha value is -2.48. The summed E-state index contributed by atoms with van der Waals surface area (Å²) in [6.07, 6.45) is 1.62. The van der Waals surface area contributed by atoms with Crippen LogP contribution in [-0.4, -0.2) is 37.5 Å². The second kappa shape index (κ2) is 10.2. The molecule has 0 saturated carbocycles. The van der Waals surface area contributed by atoms with Gasteiger partial charge in [0.2, 0.25) is 11.8 Å². The quantitative estimate of drug-likeness (QED) is 0.292. The molecule has 1 aliphatic heterocycles. The van der Waals surface area contributed by atoms with Crippen LogP contribution in [0.25, 0.3) is 6.08 Å². The molecule has 1 heterocycles. The lowest BCUT2D eigenvalue weighted by Gasteiger charge is -2.10. The van der Waals surface area contributed by atoms with E-state index in [9.17, 15) is 14.4 Å². The van der Waals surface area contributed by atoms with E-state index in [1.54, 1.807) is 30.3 Å². The summed E-state index contributed by atoms with van der Waals surface area (Å²) in [4.78, 5) is 39.0. The van der Waals surface area contributed by atoms with Crippen molar-refractivity contribution in [3.63, 3.8) is 0 Å². The summed E-state index contributed by atoms with van der Waals surface area (Å²) in [5.74, 6) is -0.455. The minimum absolute atomic E-state index is 0.163. The van der Waals surface area contributed by atoms with Crippen molar-refractivity contribution in [3.05, 3.63) is 60.4 Å². The molecular weight excluding hydrogens is 630 g/mol. The van der Waals surface area contributed by atoms with Crippen LogP contribution in [-0.2, 0) is 23.9 Å². The van der Waals surface area contributed by atoms with Gasteiger partial charge < -0.3 is 19.5 Å². The van der Waals surface area contributed by atoms with Gasteiger partial charge in [-0.3, -0.25) is 4.79 Å². The van der Waals surface area contributed by atoms with Crippen molar-refractivity contribution in [1.82, 2.24) is 0 Å². The molecular formula is C21H16I2N2O6. The number of ether oxygens (including phenoxy) is 3. The maximum atomic E-state index is 12.3. The first-order valence-electron chi connectivity index (χ1n) is 8.86. The molecule has 0 atom stereocenters. The predicted molar refractivity (Wildman–Crippen MR) is 131 cm³/mol. The highest BCUT2D eigenvalue weighted by Gasteiger charge is 2.24. The first-order valence-corrected chi connectivity index (χ1v) is 11.0. The number of anilines is 1. The van der Waals surface area contributed by atoms with Crippen LogP contribution in [0.1, 0.15) is 18.1 Å². The van der Waals surface area contributed by atoms with Gasteiger partial charge in [0.15, 0.2) is 12.3 Å². The van der Waals surface area contributed by atoms with E-state index in [4.69, 9.17) is 9.47 Å². The molecule has 160 valence electrons. The number of benzene rings is 2. The number of methoxy groups -OCH3 is 1. The fourth-order valence-corrected chi connectivity index (χ4v) is 4.71. The van der Waals surface area contributed by atoms with Gasteiger partial charge >= 0.3 is 11.9 Å². The van der Waals surface area contributed by atoms with Crippen LogP contribution in [0, 0.1) is 7.14 Å². The lowest BCUT2D eigenvalue weighted by molar-refractivity contribution is -0.143. The third-order valence-electron chi connectivity index (χ3n) is 3.96. The van der Waals surface area contributed by atoms with Gasteiger partial charge in [0.05, 0.1) is 14.3 Å². The van der Waals surface area contributed by atoms with Crippen LogP contribution in [0.2, 0.25) is 0 Å². The summed E-state index contributed by atoms with van der Waals surface area (Å²) in [5.41, 5.74) is 2.14. The molecule has 0 aliphatic carbocycles. The van der Waals surface area contributed by atoms with Crippen LogP contribution in [0.4, 0.5) is 5.69 Å². The van der Waals surface area contributed by atoms with Gasteiger partial charge in [0.25, 0.3) is 0 Å². The number of esters is 2. The average Bonchev–Trinajstić information content (AvgIpc) is 3.07. The highest BCUT2D eigenvalue weighted by molar-refractivity contribution is 14.1. The molecule has 1 amide bonds. The highest BCUT2D eigenvalue weighted by atomic mass is 127. The molecule has 0 spiro atoms. The van der Waals surface area contributed by atoms with Crippen LogP contribution >= 0.6 is 45.2 Å². The Morgan fingerprint density at radius 3 is 2.39 bits per heavy atom. The summed E-state index contributed by atoms with van der Waals surface area (Å²) >= 11 is 4.19. The lowest BCUT2D eigenvalue weighted by atomic mass is 10.2. The molecule has 0 fully saturated rings. The van der Waals surface area contributed by atoms with E-state index < -0.39 is 11.9 Å². The molecule has 8 nitrogen and oxygen atoms in total. The average molecular weight is 646 g/mol. The Labute approximate surface area is 205 Å². The molecule has 0 aromatic heterocycles. The summed E-state index contributed by atoms with van der Waals surface area (Å²) in [7, 11) is 1.30. The SMILES string of the molecule is COC(=O)COc1c(I)cc(/C=C2\N=C(c3ccc(NC(C)=O)cc3)OC2=O)cc1I.